The fourth-order valence-electron chi connectivity index (χ4n) is 3.99. The van der Waals surface area contributed by atoms with Gasteiger partial charge in [-0.15, -0.1) is 0 Å². The molecule has 1 aromatic rings. The summed E-state index contributed by atoms with van der Waals surface area (Å²) in [6.07, 6.45) is 4.10. The van der Waals surface area contributed by atoms with Gasteiger partial charge in [0.25, 0.3) is 0 Å². The highest BCUT2D eigenvalue weighted by Crippen LogP contribution is 2.44. The van der Waals surface area contributed by atoms with Gasteiger partial charge in [-0.2, -0.15) is 0 Å². The number of amides is 1. The molecule has 1 amide bonds. The molecule has 3 rings (SSSR count). The molecule has 0 aromatic heterocycles. The van der Waals surface area contributed by atoms with Crippen LogP contribution in [0.5, 0.6) is 5.75 Å². The molecule has 5 nitrogen and oxygen atoms in total. The molecule has 6 heteroatoms. The van der Waals surface area contributed by atoms with E-state index >= 15 is 0 Å². The maximum atomic E-state index is 13.4. The molecule has 0 atom stereocenters. The highest BCUT2D eigenvalue weighted by atomic mass is 19.1. The van der Waals surface area contributed by atoms with Crippen molar-refractivity contribution in [2.24, 2.45) is 11.3 Å². The van der Waals surface area contributed by atoms with Gasteiger partial charge < -0.3 is 19.5 Å². The summed E-state index contributed by atoms with van der Waals surface area (Å²) >= 11 is 0. The number of carbonyl (C=O) groups excluding carboxylic acids is 1. The van der Waals surface area contributed by atoms with E-state index in [1.54, 1.807) is 6.07 Å². The summed E-state index contributed by atoms with van der Waals surface area (Å²) in [5.41, 5.74) is 1.35. The predicted octanol–water partition coefficient (Wildman–Crippen LogP) is 3.91. The predicted molar refractivity (Wildman–Crippen MR) is 107 cm³/mol. The summed E-state index contributed by atoms with van der Waals surface area (Å²) in [7, 11) is 0. The molecule has 2 fully saturated rings. The molecule has 2 aliphatic rings. The molecule has 1 saturated carbocycles. The van der Waals surface area contributed by atoms with E-state index in [9.17, 15) is 9.18 Å². The monoisotopic (exact) mass is 395 g/mol. The summed E-state index contributed by atoms with van der Waals surface area (Å²) in [4.78, 5) is 12.3. The molecule has 1 aliphatic carbocycles. The SMILES string of the molecule is CC(C)c1ccc(F)cc1OCCOCCNC(=O)C1CCC2(CC1)COC2.[HH]. The molecule has 0 bridgehead atoms. The van der Waals surface area contributed by atoms with Gasteiger partial charge in [0.05, 0.1) is 26.4 Å². The van der Waals surface area contributed by atoms with Crippen molar-refractivity contribution in [2.45, 2.75) is 45.4 Å². The van der Waals surface area contributed by atoms with E-state index in [1.165, 1.54) is 12.1 Å². The lowest BCUT2D eigenvalue weighted by atomic mass is 9.69. The van der Waals surface area contributed by atoms with Gasteiger partial charge in [0.2, 0.25) is 5.91 Å². The highest BCUT2D eigenvalue weighted by Gasteiger charge is 2.42. The van der Waals surface area contributed by atoms with E-state index in [0.29, 0.717) is 37.5 Å². The number of halogens is 1. The molecule has 1 spiro atoms. The smallest absolute Gasteiger partial charge is 0.223 e. The zero-order valence-corrected chi connectivity index (χ0v) is 17.0. The second-order valence-corrected chi connectivity index (χ2v) is 8.36. The van der Waals surface area contributed by atoms with Crippen LogP contribution in [0.4, 0.5) is 4.39 Å². The number of ether oxygens (including phenoxy) is 3. The molecule has 1 heterocycles. The van der Waals surface area contributed by atoms with Gasteiger partial charge >= 0.3 is 0 Å². The lowest BCUT2D eigenvalue weighted by Crippen LogP contribution is -2.47. The molecule has 0 radical (unpaired) electrons. The van der Waals surface area contributed by atoms with E-state index in [0.717, 1.165) is 44.5 Å². The third kappa shape index (κ3) is 5.45. The number of nitrogens with one attached hydrogen (secondary N) is 1. The van der Waals surface area contributed by atoms with E-state index in [-0.39, 0.29) is 25.0 Å². The maximum absolute atomic E-state index is 13.4. The molecule has 28 heavy (non-hydrogen) atoms. The van der Waals surface area contributed by atoms with E-state index < -0.39 is 0 Å². The number of benzene rings is 1. The van der Waals surface area contributed by atoms with E-state index in [4.69, 9.17) is 14.2 Å². The Morgan fingerprint density at radius 3 is 2.68 bits per heavy atom. The molecule has 1 aliphatic heterocycles. The highest BCUT2D eigenvalue weighted by molar-refractivity contribution is 5.78. The van der Waals surface area contributed by atoms with Crippen molar-refractivity contribution in [3.05, 3.63) is 29.6 Å². The normalized spacial score (nSPS) is 18.9. The van der Waals surface area contributed by atoms with Crippen molar-refractivity contribution in [3.8, 4) is 5.75 Å². The first-order chi connectivity index (χ1) is 13.5. The summed E-state index contributed by atoms with van der Waals surface area (Å²) in [5, 5.41) is 2.97. The lowest BCUT2D eigenvalue weighted by molar-refractivity contribution is -0.145. The van der Waals surface area contributed by atoms with Crippen LogP contribution >= 0.6 is 0 Å². The standard InChI is InChI=1S/C22H32FNO4.H2/c1-16(2)19-4-3-18(23)13-20(19)28-12-11-26-10-9-24-21(25)17-5-7-22(8-6-17)14-27-15-22;/h3-4,13,16-17H,5-12,14-15H2,1-2H3,(H,24,25);1H. The Hall–Kier alpha value is -1.66. The Balaban J connectivity index is 0.00000300. The molecule has 158 valence electrons. The van der Waals surface area contributed by atoms with Gasteiger partial charge in [-0.1, -0.05) is 19.9 Å². The van der Waals surface area contributed by atoms with Crippen molar-refractivity contribution in [2.75, 3.05) is 39.6 Å². The van der Waals surface area contributed by atoms with Gasteiger partial charge in [0.1, 0.15) is 18.2 Å². The fourth-order valence-corrected chi connectivity index (χ4v) is 3.99. The van der Waals surface area contributed by atoms with Crippen LogP contribution in [0.3, 0.4) is 0 Å². The third-order valence-electron chi connectivity index (χ3n) is 5.86. The largest absolute Gasteiger partial charge is 0.491 e. The minimum absolute atomic E-state index is 0. The van der Waals surface area contributed by atoms with E-state index in [2.05, 4.69) is 5.32 Å². The van der Waals surface area contributed by atoms with Crippen molar-refractivity contribution < 1.29 is 24.8 Å². The number of hydrogen-bond acceptors (Lipinski definition) is 4. The van der Waals surface area contributed by atoms with Crippen molar-refractivity contribution in [1.82, 2.24) is 5.32 Å². The Morgan fingerprint density at radius 1 is 1.29 bits per heavy atom. The van der Waals surface area contributed by atoms with Crippen LogP contribution in [0, 0.1) is 17.2 Å². The first-order valence-corrected chi connectivity index (χ1v) is 10.3. The van der Waals surface area contributed by atoms with Gasteiger partial charge in [0.15, 0.2) is 0 Å². The van der Waals surface area contributed by atoms with Gasteiger partial charge in [-0.05, 0) is 43.2 Å². The van der Waals surface area contributed by atoms with Crippen LogP contribution in [-0.4, -0.2) is 45.5 Å². The van der Waals surface area contributed by atoms with Crippen LogP contribution in [0.25, 0.3) is 0 Å². The zero-order valence-electron chi connectivity index (χ0n) is 17.0. The lowest BCUT2D eigenvalue weighted by Gasteiger charge is -2.45. The third-order valence-corrected chi connectivity index (χ3v) is 5.86. The Kier molecular flexibility index (Phi) is 7.30. The van der Waals surface area contributed by atoms with Crippen LogP contribution in [-0.2, 0) is 14.3 Å². The summed E-state index contributed by atoms with van der Waals surface area (Å²) in [6.45, 7) is 7.52. The fraction of sp³-hybridized carbons (Fsp3) is 0.682. The van der Waals surface area contributed by atoms with Crippen molar-refractivity contribution in [1.29, 1.82) is 0 Å². The van der Waals surface area contributed by atoms with Gasteiger partial charge in [-0.3, -0.25) is 4.79 Å². The Morgan fingerprint density at radius 2 is 2.04 bits per heavy atom. The Bertz CT molecular complexity index is 656. The first-order valence-electron chi connectivity index (χ1n) is 10.3. The number of carbonyl (C=O) groups is 1. The molecular weight excluding hydrogens is 361 g/mol. The summed E-state index contributed by atoms with van der Waals surface area (Å²) < 4.78 is 30.0. The van der Waals surface area contributed by atoms with Gasteiger partial charge in [0, 0.05) is 25.4 Å². The van der Waals surface area contributed by atoms with Crippen LogP contribution in [0.15, 0.2) is 18.2 Å². The maximum Gasteiger partial charge on any atom is 0.223 e. The van der Waals surface area contributed by atoms with E-state index in [1.807, 2.05) is 13.8 Å². The minimum atomic E-state index is -0.304. The second kappa shape index (κ2) is 9.70. The van der Waals surface area contributed by atoms with Crippen LogP contribution < -0.4 is 10.1 Å². The Labute approximate surface area is 168 Å². The van der Waals surface area contributed by atoms with Crippen LogP contribution in [0.2, 0.25) is 0 Å². The average Bonchev–Trinajstić information content (AvgIpc) is 2.65. The summed E-state index contributed by atoms with van der Waals surface area (Å²) in [5.74, 6) is 0.784. The quantitative estimate of drug-likeness (QED) is 0.644. The molecule has 1 saturated heterocycles. The van der Waals surface area contributed by atoms with Crippen LogP contribution in [0.1, 0.15) is 52.4 Å². The average molecular weight is 396 g/mol. The van der Waals surface area contributed by atoms with Crippen molar-refractivity contribution >= 4 is 5.91 Å². The number of hydrogen-bond donors (Lipinski definition) is 1. The molecule has 0 unspecified atom stereocenters. The first kappa shape index (κ1) is 21.1. The molecule has 1 aromatic carbocycles. The zero-order chi connectivity index (χ0) is 20.0. The summed E-state index contributed by atoms with van der Waals surface area (Å²) in [6, 6.07) is 4.63. The second-order valence-electron chi connectivity index (χ2n) is 8.36. The van der Waals surface area contributed by atoms with Gasteiger partial charge in [-0.25, -0.2) is 4.39 Å². The molecular formula is C22H34FNO4. The molecule has 1 N–H and O–H groups in total. The minimum Gasteiger partial charge on any atom is -0.491 e. The van der Waals surface area contributed by atoms with Crippen molar-refractivity contribution in [3.63, 3.8) is 0 Å². The number of rotatable bonds is 9. The topological polar surface area (TPSA) is 56.8 Å².